The van der Waals surface area contributed by atoms with Crippen LogP contribution in [-0.2, 0) is 6.18 Å². The number of aromatic nitrogens is 1. The van der Waals surface area contributed by atoms with E-state index >= 15 is 0 Å². The average Bonchev–Trinajstić information content (AvgIpc) is 2.40. The zero-order valence-electron chi connectivity index (χ0n) is 10.5. The number of anilines is 1. The maximum absolute atomic E-state index is 12.5. The first-order valence-corrected chi connectivity index (χ1v) is 6.14. The molecular formula is C13H10F3N3OS. The van der Waals surface area contributed by atoms with Gasteiger partial charge in [-0.3, -0.25) is 0 Å². The van der Waals surface area contributed by atoms with Crippen LogP contribution >= 0.6 is 12.2 Å². The van der Waals surface area contributed by atoms with Crippen molar-refractivity contribution in [1.82, 2.24) is 4.98 Å². The van der Waals surface area contributed by atoms with Crippen LogP contribution in [0.4, 0.5) is 18.9 Å². The molecular weight excluding hydrogens is 303 g/mol. The minimum Gasteiger partial charge on any atom is -0.439 e. The molecule has 21 heavy (non-hydrogen) atoms. The predicted octanol–water partition coefficient (Wildman–Crippen LogP) is 3.55. The fourth-order valence-corrected chi connectivity index (χ4v) is 1.62. The molecule has 2 rings (SSSR count). The van der Waals surface area contributed by atoms with Gasteiger partial charge in [-0.1, -0.05) is 6.07 Å². The van der Waals surface area contributed by atoms with E-state index in [4.69, 9.17) is 10.5 Å². The topological polar surface area (TPSA) is 60.2 Å². The summed E-state index contributed by atoms with van der Waals surface area (Å²) in [7, 11) is 0. The summed E-state index contributed by atoms with van der Waals surface area (Å²) in [5.41, 5.74) is 4.95. The molecule has 4 nitrogen and oxygen atoms in total. The van der Waals surface area contributed by atoms with Crippen molar-refractivity contribution in [3.63, 3.8) is 0 Å². The van der Waals surface area contributed by atoms with E-state index in [9.17, 15) is 13.2 Å². The van der Waals surface area contributed by atoms with Gasteiger partial charge in [0.1, 0.15) is 11.4 Å². The van der Waals surface area contributed by atoms with Gasteiger partial charge in [0.15, 0.2) is 5.11 Å². The number of halogens is 3. The van der Waals surface area contributed by atoms with Crippen LogP contribution < -0.4 is 15.8 Å². The molecule has 0 atom stereocenters. The average molecular weight is 313 g/mol. The second-order valence-electron chi connectivity index (χ2n) is 3.97. The largest absolute Gasteiger partial charge is 0.439 e. The van der Waals surface area contributed by atoms with Gasteiger partial charge in [0.25, 0.3) is 0 Å². The fourth-order valence-electron chi connectivity index (χ4n) is 1.50. The van der Waals surface area contributed by atoms with E-state index in [1.807, 2.05) is 0 Å². The van der Waals surface area contributed by atoms with Crippen molar-refractivity contribution in [3.05, 3.63) is 48.2 Å². The summed E-state index contributed by atoms with van der Waals surface area (Å²) in [4.78, 5) is 3.41. The number of alkyl halides is 3. The number of thiocarbonyl (C=S) groups is 1. The molecule has 0 aliphatic rings. The normalized spacial score (nSPS) is 11.0. The standard InChI is InChI=1S/C13H10F3N3OS/c14-13(15,16)10-2-1-3-11(19-10)20-9-6-4-8(5-7-9)18-12(17)21/h1-7H,(H3,17,18,21). The van der Waals surface area contributed by atoms with Crippen LogP contribution in [-0.4, -0.2) is 10.1 Å². The van der Waals surface area contributed by atoms with Crippen LogP contribution in [0.2, 0.25) is 0 Å². The number of nitrogens with one attached hydrogen (secondary N) is 1. The third kappa shape index (κ3) is 4.32. The first-order valence-electron chi connectivity index (χ1n) is 5.73. The van der Waals surface area contributed by atoms with Crippen molar-refractivity contribution in [2.24, 2.45) is 5.73 Å². The van der Waals surface area contributed by atoms with Gasteiger partial charge in [0.05, 0.1) is 0 Å². The minimum absolute atomic E-state index is 0.114. The molecule has 0 aliphatic carbocycles. The Morgan fingerprint density at radius 2 is 1.81 bits per heavy atom. The summed E-state index contributed by atoms with van der Waals surface area (Å²) >= 11 is 4.68. The lowest BCUT2D eigenvalue weighted by Gasteiger charge is -2.09. The Balaban J connectivity index is 2.13. The van der Waals surface area contributed by atoms with Gasteiger partial charge < -0.3 is 15.8 Å². The summed E-state index contributed by atoms with van der Waals surface area (Å²) in [6.45, 7) is 0. The van der Waals surface area contributed by atoms with Crippen molar-refractivity contribution in [1.29, 1.82) is 0 Å². The molecule has 0 fully saturated rings. The molecule has 0 unspecified atom stereocenters. The van der Waals surface area contributed by atoms with Crippen molar-refractivity contribution >= 4 is 23.0 Å². The second-order valence-corrected chi connectivity index (χ2v) is 4.41. The van der Waals surface area contributed by atoms with Crippen LogP contribution in [0.5, 0.6) is 11.6 Å². The van der Waals surface area contributed by atoms with Crippen LogP contribution in [0.1, 0.15) is 5.69 Å². The van der Waals surface area contributed by atoms with E-state index in [2.05, 4.69) is 22.5 Å². The molecule has 0 spiro atoms. The summed E-state index contributed by atoms with van der Waals surface area (Å²) in [5.74, 6) is 0.204. The highest BCUT2D eigenvalue weighted by atomic mass is 32.1. The fraction of sp³-hybridized carbons (Fsp3) is 0.0769. The Labute approximate surface area is 123 Å². The molecule has 0 radical (unpaired) electrons. The van der Waals surface area contributed by atoms with Crippen LogP contribution in [0, 0.1) is 0 Å². The third-order valence-electron chi connectivity index (χ3n) is 2.36. The highest BCUT2D eigenvalue weighted by Gasteiger charge is 2.32. The lowest BCUT2D eigenvalue weighted by molar-refractivity contribution is -0.141. The summed E-state index contributed by atoms with van der Waals surface area (Å²) in [6.07, 6.45) is -4.51. The highest BCUT2D eigenvalue weighted by Crippen LogP contribution is 2.30. The van der Waals surface area contributed by atoms with E-state index < -0.39 is 11.9 Å². The number of nitrogens with two attached hydrogens (primary N) is 1. The maximum Gasteiger partial charge on any atom is 0.433 e. The van der Waals surface area contributed by atoms with Crippen LogP contribution in [0.3, 0.4) is 0 Å². The Morgan fingerprint density at radius 1 is 1.14 bits per heavy atom. The first kappa shape index (κ1) is 15.0. The maximum atomic E-state index is 12.5. The number of hydrogen-bond donors (Lipinski definition) is 2. The second kappa shape index (κ2) is 5.96. The van der Waals surface area contributed by atoms with E-state index in [1.165, 1.54) is 12.1 Å². The molecule has 110 valence electrons. The van der Waals surface area contributed by atoms with Crippen LogP contribution in [0.25, 0.3) is 0 Å². The van der Waals surface area contributed by atoms with Crippen LogP contribution in [0.15, 0.2) is 42.5 Å². The zero-order chi connectivity index (χ0) is 15.5. The molecule has 0 saturated heterocycles. The summed E-state index contributed by atoms with van der Waals surface area (Å²) in [6, 6.07) is 9.82. The number of hydrogen-bond acceptors (Lipinski definition) is 3. The van der Waals surface area contributed by atoms with Gasteiger partial charge in [0.2, 0.25) is 5.88 Å². The summed E-state index contributed by atoms with van der Waals surface area (Å²) in [5, 5.41) is 2.83. The molecule has 0 aliphatic heterocycles. The van der Waals surface area contributed by atoms with Gasteiger partial charge >= 0.3 is 6.18 Å². The SMILES string of the molecule is NC(=S)Nc1ccc(Oc2cccc(C(F)(F)F)n2)cc1. The van der Waals surface area contributed by atoms with Gasteiger partial charge in [-0.25, -0.2) is 4.98 Å². The monoisotopic (exact) mass is 313 g/mol. The minimum atomic E-state index is -4.51. The van der Waals surface area contributed by atoms with E-state index in [0.717, 1.165) is 6.07 Å². The van der Waals surface area contributed by atoms with E-state index in [0.29, 0.717) is 11.4 Å². The molecule has 0 saturated carbocycles. The van der Waals surface area contributed by atoms with Gasteiger partial charge in [-0.15, -0.1) is 0 Å². The van der Waals surface area contributed by atoms with E-state index in [-0.39, 0.29) is 11.0 Å². The van der Waals surface area contributed by atoms with Crippen molar-refractivity contribution in [2.75, 3.05) is 5.32 Å². The lowest BCUT2D eigenvalue weighted by Crippen LogP contribution is -2.18. The molecule has 0 bridgehead atoms. The number of ether oxygens (including phenoxy) is 1. The zero-order valence-corrected chi connectivity index (χ0v) is 11.3. The molecule has 1 aromatic carbocycles. The summed E-state index contributed by atoms with van der Waals surface area (Å²) < 4.78 is 42.9. The Bertz CT molecular complexity index is 644. The molecule has 8 heteroatoms. The third-order valence-corrected chi connectivity index (χ3v) is 2.46. The molecule has 1 heterocycles. The van der Waals surface area contributed by atoms with Gasteiger partial charge in [-0.05, 0) is 42.5 Å². The molecule has 1 aromatic heterocycles. The highest BCUT2D eigenvalue weighted by molar-refractivity contribution is 7.80. The quantitative estimate of drug-likeness (QED) is 0.849. The Hall–Kier alpha value is -2.35. The number of pyridine rings is 1. The first-order chi connectivity index (χ1) is 9.84. The smallest absolute Gasteiger partial charge is 0.433 e. The predicted molar refractivity (Wildman–Crippen MR) is 76.2 cm³/mol. The van der Waals surface area contributed by atoms with Crippen molar-refractivity contribution in [3.8, 4) is 11.6 Å². The molecule has 2 aromatic rings. The lowest BCUT2D eigenvalue weighted by atomic mass is 10.3. The van der Waals surface area contributed by atoms with Gasteiger partial charge in [-0.2, -0.15) is 13.2 Å². The van der Waals surface area contributed by atoms with Gasteiger partial charge in [0, 0.05) is 11.8 Å². The van der Waals surface area contributed by atoms with Crippen molar-refractivity contribution < 1.29 is 17.9 Å². The Kier molecular flexibility index (Phi) is 4.27. The van der Waals surface area contributed by atoms with E-state index in [1.54, 1.807) is 24.3 Å². The molecule has 3 N–H and O–H groups in total. The number of nitrogens with zero attached hydrogens (tertiary/aromatic N) is 1. The van der Waals surface area contributed by atoms with Crippen molar-refractivity contribution in [2.45, 2.75) is 6.18 Å². The number of benzene rings is 1. The Morgan fingerprint density at radius 3 is 2.38 bits per heavy atom. The number of rotatable bonds is 3. The molecule has 0 amide bonds.